The number of aromatic nitrogens is 2. The highest BCUT2D eigenvalue weighted by atomic mass is 16.4. The van der Waals surface area contributed by atoms with Gasteiger partial charge in [-0.2, -0.15) is 0 Å². The van der Waals surface area contributed by atoms with Gasteiger partial charge in [0.2, 0.25) is 5.82 Å². The second kappa shape index (κ2) is 3.57. The zero-order valence-electron chi connectivity index (χ0n) is 7.56. The van der Waals surface area contributed by atoms with Crippen LogP contribution in [0.5, 0.6) is 0 Å². The van der Waals surface area contributed by atoms with Gasteiger partial charge in [0.1, 0.15) is 0 Å². The van der Waals surface area contributed by atoms with Gasteiger partial charge < -0.3 is 14.8 Å². The number of hydrogen-bond acceptors (Lipinski definition) is 3. The van der Waals surface area contributed by atoms with Crippen molar-refractivity contribution in [2.75, 3.05) is 0 Å². The van der Waals surface area contributed by atoms with Gasteiger partial charge in [0, 0.05) is 6.04 Å². The first kappa shape index (κ1) is 9.73. The van der Waals surface area contributed by atoms with Gasteiger partial charge in [-0.1, -0.05) is 0 Å². The number of aliphatic hydroxyl groups is 1. The van der Waals surface area contributed by atoms with Gasteiger partial charge in [0.15, 0.2) is 0 Å². The first-order valence-corrected chi connectivity index (χ1v) is 3.98. The third-order valence-corrected chi connectivity index (χ3v) is 1.74. The first-order chi connectivity index (χ1) is 6.07. The van der Waals surface area contributed by atoms with E-state index in [1.807, 2.05) is 13.8 Å². The summed E-state index contributed by atoms with van der Waals surface area (Å²) < 4.78 is 1.50. The third-order valence-electron chi connectivity index (χ3n) is 1.74. The van der Waals surface area contributed by atoms with E-state index in [4.69, 9.17) is 10.2 Å². The SMILES string of the molecule is CC(C)n1c(CO)cnc1C(=O)O. The molecule has 13 heavy (non-hydrogen) atoms. The van der Waals surface area contributed by atoms with Crippen LogP contribution in [0.1, 0.15) is 36.2 Å². The molecular formula is C8H12N2O3. The van der Waals surface area contributed by atoms with E-state index in [-0.39, 0.29) is 18.5 Å². The number of imidazole rings is 1. The molecule has 72 valence electrons. The van der Waals surface area contributed by atoms with Crippen molar-refractivity contribution in [2.24, 2.45) is 0 Å². The van der Waals surface area contributed by atoms with E-state index in [1.54, 1.807) is 0 Å². The summed E-state index contributed by atoms with van der Waals surface area (Å²) in [6, 6.07) is -0.0178. The monoisotopic (exact) mass is 184 g/mol. The minimum absolute atomic E-state index is 0.0178. The zero-order chi connectivity index (χ0) is 10.0. The third kappa shape index (κ3) is 1.70. The Kier molecular flexibility index (Phi) is 2.67. The van der Waals surface area contributed by atoms with Crippen LogP contribution in [-0.2, 0) is 6.61 Å². The Bertz CT molecular complexity index is 317. The Morgan fingerprint density at radius 3 is 2.69 bits per heavy atom. The summed E-state index contributed by atoms with van der Waals surface area (Å²) in [5.74, 6) is -1.10. The molecule has 5 nitrogen and oxygen atoms in total. The largest absolute Gasteiger partial charge is 0.475 e. The smallest absolute Gasteiger partial charge is 0.372 e. The van der Waals surface area contributed by atoms with E-state index in [0.717, 1.165) is 0 Å². The van der Waals surface area contributed by atoms with Crippen LogP contribution in [0.25, 0.3) is 0 Å². The molecule has 0 radical (unpaired) electrons. The summed E-state index contributed by atoms with van der Waals surface area (Å²) in [7, 11) is 0. The predicted octanol–water partition coefficient (Wildman–Crippen LogP) is 0.654. The zero-order valence-corrected chi connectivity index (χ0v) is 7.56. The fourth-order valence-corrected chi connectivity index (χ4v) is 1.25. The predicted molar refractivity (Wildman–Crippen MR) is 45.5 cm³/mol. The molecule has 0 fully saturated rings. The van der Waals surface area contributed by atoms with Crippen molar-refractivity contribution in [3.05, 3.63) is 17.7 Å². The highest BCUT2D eigenvalue weighted by Gasteiger charge is 2.17. The number of carbonyl (C=O) groups is 1. The molecule has 0 aliphatic rings. The average molecular weight is 184 g/mol. The van der Waals surface area contributed by atoms with Crippen LogP contribution in [-0.4, -0.2) is 25.7 Å². The summed E-state index contributed by atoms with van der Waals surface area (Å²) in [5, 5.41) is 17.7. The number of carboxylic acids is 1. The van der Waals surface area contributed by atoms with Crippen LogP contribution in [0.4, 0.5) is 0 Å². The normalized spacial score (nSPS) is 10.8. The summed E-state index contributed by atoms with van der Waals surface area (Å²) in [6.07, 6.45) is 1.38. The van der Waals surface area contributed by atoms with Gasteiger partial charge in [-0.25, -0.2) is 9.78 Å². The maximum absolute atomic E-state index is 10.7. The molecule has 5 heteroatoms. The lowest BCUT2D eigenvalue weighted by Gasteiger charge is -2.11. The molecule has 0 unspecified atom stereocenters. The lowest BCUT2D eigenvalue weighted by atomic mass is 10.3. The molecule has 0 bridgehead atoms. The number of aliphatic hydroxyl groups excluding tert-OH is 1. The Labute approximate surface area is 75.6 Å². The van der Waals surface area contributed by atoms with E-state index < -0.39 is 5.97 Å². The summed E-state index contributed by atoms with van der Waals surface area (Å²) >= 11 is 0. The number of aromatic carboxylic acids is 1. The van der Waals surface area contributed by atoms with E-state index in [0.29, 0.717) is 5.69 Å². The molecule has 1 aromatic heterocycles. The fourth-order valence-electron chi connectivity index (χ4n) is 1.25. The highest BCUT2D eigenvalue weighted by Crippen LogP contribution is 2.13. The molecule has 0 saturated carbocycles. The molecule has 0 amide bonds. The summed E-state index contributed by atoms with van der Waals surface area (Å²) in [5.41, 5.74) is 0.521. The van der Waals surface area contributed by atoms with Crippen LogP contribution < -0.4 is 0 Å². The van der Waals surface area contributed by atoms with Gasteiger partial charge >= 0.3 is 5.97 Å². The van der Waals surface area contributed by atoms with Crippen molar-refractivity contribution in [2.45, 2.75) is 26.5 Å². The lowest BCUT2D eigenvalue weighted by molar-refractivity contribution is 0.0675. The molecule has 1 aromatic rings. The summed E-state index contributed by atoms with van der Waals surface area (Å²) in [4.78, 5) is 14.4. The Morgan fingerprint density at radius 1 is 1.69 bits per heavy atom. The maximum atomic E-state index is 10.7. The van der Waals surface area contributed by atoms with Gasteiger partial charge in [-0.3, -0.25) is 0 Å². The van der Waals surface area contributed by atoms with Crippen LogP contribution in [0, 0.1) is 0 Å². The lowest BCUT2D eigenvalue weighted by Crippen LogP contribution is -2.14. The quantitative estimate of drug-likeness (QED) is 0.723. The standard InChI is InChI=1S/C8H12N2O3/c1-5(2)10-6(4-11)3-9-7(10)8(12)13/h3,5,11H,4H2,1-2H3,(H,12,13). The van der Waals surface area contributed by atoms with Crippen molar-refractivity contribution >= 4 is 5.97 Å². The minimum atomic E-state index is -1.08. The van der Waals surface area contributed by atoms with Crippen molar-refractivity contribution in [3.8, 4) is 0 Å². The Hall–Kier alpha value is -1.36. The maximum Gasteiger partial charge on any atom is 0.372 e. The Morgan fingerprint density at radius 2 is 2.31 bits per heavy atom. The van der Waals surface area contributed by atoms with Gasteiger partial charge in [-0.15, -0.1) is 0 Å². The average Bonchev–Trinajstić information content (AvgIpc) is 2.46. The molecule has 0 atom stereocenters. The first-order valence-electron chi connectivity index (χ1n) is 3.98. The van der Waals surface area contributed by atoms with Crippen molar-refractivity contribution < 1.29 is 15.0 Å². The number of rotatable bonds is 3. The van der Waals surface area contributed by atoms with Gasteiger partial charge in [0.05, 0.1) is 18.5 Å². The molecule has 0 aliphatic carbocycles. The second-order valence-electron chi connectivity index (χ2n) is 3.00. The van der Waals surface area contributed by atoms with Crippen molar-refractivity contribution in [3.63, 3.8) is 0 Å². The fraction of sp³-hybridized carbons (Fsp3) is 0.500. The number of hydrogen-bond donors (Lipinski definition) is 2. The summed E-state index contributed by atoms with van der Waals surface area (Å²) in [6.45, 7) is 3.49. The molecule has 1 heterocycles. The van der Waals surface area contributed by atoms with Crippen LogP contribution in [0.15, 0.2) is 6.20 Å². The molecule has 0 saturated heterocycles. The van der Waals surface area contributed by atoms with E-state index in [2.05, 4.69) is 4.98 Å². The van der Waals surface area contributed by atoms with Gasteiger partial charge in [0.25, 0.3) is 0 Å². The van der Waals surface area contributed by atoms with Crippen LogP contribution in [0.2, 0.25) is 0 Å². The highest BCUT2D eigenvalue weighted by molar-refractivity contribution is 5.83. The minimum Gasteiger partial charge on any atom is -0.475 e. The molecule has 0 spiro atoms. The van der Waals surface area contributed by atoms with Crippen LogP contribution in [0.3, 0.4) is 0 Å². The topological polar surface area (TPSA) is 75.3 Å². The molecule has 2 N–H and O–H groups in total. The van der Waals surface area contributed by atoms with Crippen molar-refractivity contribution in [1.29, 1.82) is 0 Å². The second-order valence-corrected chi connectivity index (χ2v) is 3.00. The molecule has 0 aromatic carbocycles. The van der Waals surface area contributed by atoms with E-state index >= 15 is 0 Å². The Balaban J connectivity index is 3.22. The molecular weight excluding hydrogens is 172 g/mol. The van der Waals surface area contributed by atoms with E-state index in [1.165, 1.54) is 10.8 Å². The van der Waals surface area contributed by atoms with Crippen molar-refractivity contribution in [1.82, 2.24) is 9.55 Å². The number of carboxylic acid groups (broad SMARTS) is 1. The van der Waals surface area contributed by atoms with E-state index in [9.17, 15) is 4.79 Å². The molecule has 0 aliphatic heterocycles. The van der Waals surface area contributed by atoms with Crippen LogP contribution >= 0.6 is 0 Å². The molecule has 1 rings (SSSR count). The number of nitrogens with zero attached hydrogens (tertiary/aromatic N) is 2. The van der Waals surface area contributed by atoms with Gasteiger partial charge in [-0.05, 0) is 13.8 Å².